The van der Waals surface area contributed by atoms with Crippen LogP contribution in [-0.4, -0.2) is 21.5 Å². The maximum absolute atomic E-state index is 12.5. The van der Waals surface area contributed by atoms with Crippen LogP contribution >= 0.6 is 21.4 Å². The van der Waals surface area contributed by atoms with Gasteiger partial charge in [0, 0.05) is 21.4 Å². The van der Waals surface area contributed by atoms with Crippen LogP contribution in [0.15, 0.2) is 24.3 Å². The topological polar surface area (TPSA) is 60.4 Å². The second-order valence-electron chi connectivity index (χ2n) is 2.38. The van der Waals surface area contributed by atoms with Gasteiger partial charge in [-0.1, -0.05) is 6.07 Å². The molecular weight excluding hydrogens is 282 g/mol. The summed E-state index contributed by atoms with van der Waals surface area (Å²) < 4.78 is 35.2. The summed E-state index contributed by atoms with van der Waals surface area (Å²) >= 11 is 0. The van der Waals surface area contributed by atoms with E-state index in [1.165, 1.54) is 25.3 Å². The molecule has 0 saturated carbocycles. The minimum atomic E-state index is -3.72. The summed E-state index contributed by atoms with van der Waals surface area (Å²) in [4.78, 5) is 10.8. The fraction of sp³-hybridized carbons (Fsp3) is 0.125. The van der Waals surface area contributed by atoms with Crippen LogP contribution in [0.3, 0.4) is 0 Å². The average molecular weight is 289 g/mol. The number of benzene rings is 1. The van der Waals surface area contributed by atoms with Crippen LogP contribution in [0.25, 0.3) is 0 Å². The number of rotatable bonds is 1. The number of methoxy groups -OCH3 is 1. The molecule has 0 amide bonds. The van der Waals surface area contributed by atoms with Crippen molar-refractivity contribution in [1.82, 2.24) is 0 Å². The van der Waals surface area contributed by atoms with Gasteiger partial charge in [0.25, 0.3) is 0 Å². The molecule has 0 radical (unpaired) electrons. The largest absolute Gasteiger partial charge is 0.465 e. The van der Waals surface area contributed by atoms with Crippen molar-refractivity contribution in [2.24, 2.45) is 0 Å². The van der Waals surface area contributed by atoms with Gasteiger partial charge in [0.15, 0.2) is 0 Å². The molecule has 90 valence electrons. The Hall–Kier alpha value is -0.850. The molecule has 8 heteroatoms. The van der Waals surface area contributed by atoms with E-state index in [0.717, 1.165) is 6.07 Å². The van der Waals surface area contributed by atoms with Crippen LogP contribution in [0.2, 0.25) is 0 Å². The summed E-state index contributed by atoms with van der Waals surface area (Å²) in [7, 11) is 6.07. The van der Waals surface area contributed by atoms with Crippen LogP contribution in [0.5, 0.6) is 0 Å². The number of carbonyl (C=O) groups excluding carboxylic acids is 1. The Kier molecular flexibility index (Phi) is 6.32. The molecule has 0 saturated heterocycles. The first kappa shape index (κ1) is 15.2. The second kappa shape index (κ2) is 6.67. The van der Waals surface area contributed by atoms with Crippen LogP contribution in [0, 0.1) is 5.82 Å². The van der Waals surface area contributed by atoms with Gasteiger partial charge in [0.05, 0.1) is 12.7 Å². The lowest BCUT2D eigenvalue weighted by molar-refractivity contribution is 0.0600. The number of ether oxygens (including phenoxy) is 1. The molecular formula is C8H7Cl2FO4S. The molecule has 0 spiro atoms. The lowest BCUT2D eigenvalue weighted by Crippen LogP contribution is -2.00. The van der Waals surface area contributed by atoms with Gasteiger partial charge < -0.3 is 4.74 Å². The molecule has 0 heterocycles. The Morgan fingerprint density at radius 2 is 1.88 bits per heavy atom. The Labute approximate surface area is 101 Å². The summed E-state index contributed by atoms with van der Waals surface area (Å²) in [5.41, 5.74) is 0.229. The number of esters is 1. The molecule has 0 aliphatic rings. The molecule has 4 nitrogen and oxygen atoms in total. The monoisotopic (exact) mass is 288 g/mol. The quantitative estimate of drug-likeness (QED) is 0.588. The van der Waals surface area contributed by atoms with Gasteiger partial charge in [0.2, 0.25) is 0 Å². The van der Waals surface area contributed by atoms with Crippen molar-refractivity contribution in [2.75, 3.05) is 7.11 Å². The Morgan fingerprint density at radius 1 is 1.38 bits per heavy atom. The molecule has 0 aliphatic heterocycles. The molecule has 0 unspecified atom stereocenters. The van der Waals surface area contributed by atoms with Gasteiger partial charge >= 0.3 is 14.2 Å². The highest BCUT2D eigenvalue weighted by atomic mass is 36.0. The Morgan fingerprint density at radius 3 is 2.25 bits per heavy atom. The summed E-state index contributed by atoms with van der Waals surface area (Å²) in [5, 5.41) is 0. The number of hydrogen-bond acceptors (Lipinski definition) is 4. The predicted octanol–water partition coefficient (Wildman–Crippen LogP) is 2.32. The first-order valence-electron chi connectivity index (χ1n) is 3.72. The summed E-state index contributed by atoms with van der Waals surface area (Å²) in [6.45, 7) is 0. The van der Waals surface area contributed by atoms with Crippen molar-refractivity contribution in [1.29, 1.82) is 0 Å². The van der Waals surface area contributed by atoms with Gasteiger partial charge in [-0.25, -0.2) is 9.18 Å². The molecule has 16 heavy (non-hydrogen) atoms. The number of carbonyl (C=O) groups is 1. The third kappa shape index (κ3) is 8.46. The van der Waals surface area contributed by atoms with E-state index in [-0.39, 0.29) is 5.56 Å². The van der Waals surface area contributed by atoms with Crippen molar-refractivity contribution < 1.29 is 22.3 Å². The van der Waals surface area contributed by atoms with Crippen LogP contribution in [0.4, 0.5) is 4.39 Å². The van der Waals surface area contributed by atoms with Gasteiger partial charge in [0.1, 0.15) is 5.82 Å². The first-order valence-corrected chi connectivity index (χ1v) is 6.85. The van der Waals surface area contributed by atoms with E-state index in [2.05, 4.69) is 26.1 Å². The molecule has 0 bridgehead atoms. The van der Waals surface area contributed by atoms with Gasteiger partial charge in [-0.05, 0) is 18.2 Å². The van der Waals surface area contributed by atoms with Crippen LogP contribution in [0.1, 0.15) is 10.4 Å². The lowest BCUT2D eigenvalue weighted by Gasteiger charge is -1.96. The zero-order valence-corrected chi connectivity index (χ0v) is 10.3. The minimum absolute atomic E-state index is 0.229. The third-order valence-corrected chi connectivity index (χ3v) is 1.25. The summed E-state index contributed by atoms with van der Waals surface area (Å²) in [6, 6.07) is 5.36. The molecule has 0 atom stereocenters. The maximum Gasteiger partial charge on any atom is 0.337 e. The highest BCUT2D eigenvalue weighted by Gasteiger charge is 2.04. The zero-order chi connectivity index (χ0) is 12.8. The average Bonchev–Trinajstić information content (AvgIpc) is 2.14. The normalized spacial score (nSPS) is 10.0. The standard InChI is InChI=1S/C8H7FO2.Cl2O2S/c1-11-8(10)6-3-2-4-7(9)5-6;1-5(2,3)4/h2-5H,1H3;. The molecule has 0 N–H and O–H groups in total. The van der Waals surface area contributed by atoms with E-state index >= 15 is 0 Å². The predicted molar refractivity (Wildman–Crippen MR) is 58.4 cm³/mol. The first-order chi connectivity index (χ1) is 7.24. The van der Waals surface area contributed by atoms with Crippen molar-refractivity contribution in [3.63, 3.8) is 0 Å². The van der Waals surface area contributed by atoms with Gasteiger partial charge in [-0.2, -0.15) is 8.42 Å². The molecule has 0 aliphatic carbocycles. The van der Waals surface area contributed by atoms with Crippen molar-refractivity contribution in [2.45, 2.75) is 0 Å². The second-order valence-corrected chi connectivity index (χ2v) is 6.05. The van der Waals surface area contributed by atoms with Crippen molar-refractivity contribution in [3.8, 4) is 0 Å². The van der Waals surface area contributed by atoms with Gasteiger partial charge in [-0.3, -0.25) is 0 Å². The fourth-order valence-electron chi connectivity index (χ4n) is 0.733. The molecule has 1 aromatic rings. The Bertz CT molecular complexity index is 453. The van der Waals surface area contributed by atoms with E-state index in [1.807, 2.05) is 0 Å². The molecule has 1 aromatic carbocycles. The minimum Gasteiger partial charge on any atom is -0.465 e. The van der Waals surface area contributed by atoms with Crippen LogP contribution in [-0.2, 0) is 13.0 Å². The van der Waals surface area contributed by atoms with E-state index < -0.39 is 20.1 Å². The number of halogens is 3. The third-order valence-electron chi connectivity index (χ3n) is 1.25. The SMILES string of the molecule is COC(=O)c1cccc(F)c1.O=S(=O)(Cl)Cl. The fourth-order valence-corrected chi connectivity index (χ4v) is 0.733. The van der Waals surface area contributed by atoms with Crippen molar-refractivity contribution in [3.05, 3.63) is 35.6 Å². The number of hydrogen-bond donors (Lipinski definition) is 0. The van der Waals surface area contributed by atoms with Crippen LogP contribution < -0.4 is 0 Å². The smallest absolute Gasteiger partial charge is 0.337 e. The lowest BCUT2D eigenvalue weighted by atomic mass is 10.2. The summed E-state index contributed by atoms with van der Waals surface area (Å²) in [5.74, 6) is -0.961. The van der Waals surface area contributed by atoms with E-state index in [1.54, 1.807) is 0 Å². The van der Waals surface area contributed by atoms with E-state index in [9.17, 15) is 9.18 Å². The molecule has 0 aromatic heterocycles. The van der Waals surface area contributed by atoms with E-state index in [0.29, 0.717) is 0 Å². The zero-order valence-electron chi connectivity index (χ0n) is 7.98. The maximum atomic E-state index is 12.5. The highest BCUT2D eigenvalue weighted by Crippen LogP contribution is 2.03. The molecule has 1 rings (SSSR count). The molecule has 0 fully saturated rings. The summed E-state index contributed by atoms with van der Waals surface area (Å²) in [6.07, 6.45) is 0. The van der Waals surface area contributed by atoms with Gasteiger partial charge in [-0.15, -0.1) is 0 Å². The highest BCUT2D eigenvalue weighted by molar-refractivity contribution is 8.31. The van der Waals surface area contributed by atoms with Crippen molar-refractivity contribution >= 4 is 35.6 Å². The Balaban J connectivity index is 0.000000385. The van der Waals surface area contributed by atoms with E-state index in [4.69, 9.17) is 8.42 Å².